The summed E-state index contributed by atoms with van der Waals surface area (Å²) in [5.41, 5.74) is 2.31. The third-order valence-corrected chi connectivity index (χ3v) is 3.66. The molecule has 1 nitrogen and oxygen atoms in total. The molecule has 0 aliphatic carbocycles. The summed E-state index contributed by atoms with van der Waals surface area (Å²) >= 11 is 7.12. The molecule has 0 heterocycles. The zero-order valence-corrected chi connectivity index (χ0v) is 11.9. The van der Waals surface area contributed by atoms with Crippen molar-refractivity contribution in [3.63, 3.8) is 0 Å². The number of ether oxygens (including phenoxy) is 1. The first-order valence-corrected chi connectivity index (χ1v) is 6.39. The third kappa shape index (κ3) is 2.30. The summed E-state index contributed by atoms with van der Waals surface area (Å²) in [4.78, 5) is 0. The third-order valence-electron chi connectivity index (χ3n) is 2.34. The fourth-order valence-corrected chi connectivity index (χ4v) is 2.99. The lowest BCUT2D eigenvalue weighted by Crippen LogP contribution is -1.84. The Morgan fingerprint density at radius 2 is 1.44 bits per heavy atom. The standard InChI is InChI=1S/C13H10Br2O/c1-16-10-7-5-9(6-8-10)13-11(14)3-2-4-12(13)15/h2-8H,1H3. The molecule has 0 spiro atoms. The van der Waals surface area contributed by atoms with Gasteiger partial charge in [-0.1, -0.05) is 50.1 Å². The number of hydrogen-bond acceptors (Lipinski definition) is 1. The van der Waals surface area contributed by atoms with Gasteiger partial charge >= 0.3 is 0 Å². The highest BCUT2D eigenvalue weighted by atomic mass is 79.9. The molecule has 3 heteroatoms. The molecule has 2 aromatic carbocycles. The van der Waals surface area contributed by atoms with E-state index >= 15 is 0 Å². The quantitative estimate of drug-likeness (QED) is 0.755. The predicted molar refractivity (Wildman–Crippen MR) is 73.8 cm³/mol. The van der Waals surface area contributed by atoms with E-state index in [9.17, 15) is 0 Å². The van der Waals surface area contributed by atoms with Crippen LogP contribution in [-0.4, -0.2) is 7.11 Å². The molecule has 0 saturated carbocycles. The van der Waals surface area contributed by atoms with E-state index in [-0.39, 0.29) is 0 Å². The minimum Gasteiger partial charge on any atom is -0.497 e. The van der Waals surface area contributed by atoms with Crippen molar-refractivity contribution < 1.29 is 4.74 Å². The van der Waals surface area contributed by atoms with Crippen LogP contribution in [0, 0.1) is 0 Å². The smallest absolute Gasteiger partial charge is 0.118 e. The van der Waals surface area contributed by atoms with E-state index in [1.165, 1.54) is 0 Å². The molecule has 2 aromatic rings. The zero-order chi connectivity index (χ0) is 11.5. The van der Waals surface area contributed by atoms with E-state index in [1.54, 1.807) is 7.11 Å². The van der Waals surface area contributed by atoms with Crippen LogP contribution < -0.4 is 4.74 Å². The Kier molecular flexibility index (Phi) is 3.66. The van der Waals surface area contributed by atoms with Gasteiger partial charge in [0.1, 0.15) is 5.75 Å². The molecule has 0 saturated heterocycles. The van der Waals surface area contributed by atoms with Gasteiger partial charge in [0.2, 0.25) is 0 Å². The van der Waals surface area contributed by atoms with E-state index in [0.29, 0.717) is 0 Å². The van der Waals surface area contributed by atoms with E-state index < -0.39 is 0 Å². The Bertz CT molecular complexity index is 472. The second kappa shape index (κ2) is 5.02. The highest BCUT2D eigenvalue weighted by Gasteiger charge is 2.06. The van der Waals surface area contributed by atoms with Crippen LogP contribution >= 0.6 is 31.9 Å². The van der Waals surface area contributed by atoms with Crippen molar-refractivity contribution in [3.05, 3.63) is 51.4 Å². The summed E-state index contributed by atoms with van der Waals surface area (Å²) in [6.07, 6.45) is 0. The molecule has 0 bridgehead atoms. The van der Waals surface area contributed by atoms with E-state index in [0.717, 1.165) is 25.8 Å². The van der Waals surface area contributed by atoms with Crippen LogP contribution in [0.15, 0.2) is 51.4 Å². The minimum absolute atomic E-state index is 0.868. The van der Waals surface area contributed by atoms with Crippen LogP contribution in [0.2, 0.25) is 0 Å². The van der Waals surface area contributed by atoms with Crippen molar-refractivity contribution in [2.24, 2.45) is 0 Å². The molecule has 16 heavy (non-hydrogen) atoms. The number of halogens is 2. The first-order valence-electron chi connectivity index (χ1n) is 4.81. The summed E-state index contributed by atoms with van der Waals surface area (Å²) in [5.74, 6) is 0.868. The van der Waals surface area contributed by atoms with Crippen molar-refractivity contribution >= 4 is 31.9 Å². The van der Waals surface area contributed by atoms with Gasteiger partial charge in [0.15, 0.2) is 0 Å². The van der Waals surface area contributed by atoms with Gasteiger partial charge in [0, 0.05) is 14.5 Å². The molecule has 2 rings (SSSR count). The van der Waals surface area contributed by atoms with Crippen molar-refractivity contribution in [2.75, 3.05) is 7.11 Å². The highest BCUT2D eigenvalue weighted by Crippen LogP contribution is 2.35. The molecule has 0 N–H and O–H groups in total. The molecule has 0 aliphatic heterocycles. The highest BCUT2D eigenvalue weighted by molar-refractivity contribution is 9.11. The Morgan fingerprint density at radius 3 is 1.94 bits per heavy atom. The average Bonchev–Trinajstić information content (AvgIpc) is 2.30. The normalized spacial score (nSPS) is 10.2. The summed E-state index contributed by atoms with van der Waals surface area (Å²) in [6, 6.07) is 14.1. The van der Waals surface area contributed by atoms with Gasteiger partial charge in [0.05, 0.1) is 7.11 Å². The first-order chi connectivity index (χ1) is 7.72. The topological polar surface area (TPSA) is 9.23 Å². The largest absolute Gasteiger partial charge is 0.497 e. The van der Waals surface area contributed by atoms with Crippen molar-refractivity contribution in [1.29, 1.82) is 0 Å². The van der Waals surface area contributed by atoms with Gasteiger partial charge in [0.25, 0.3) is 0 Å². The van der Waals surface area contributed by atoms with Crippen LogP contribution in [-0.2, 0) is 0 Å². The molecule has 0 unspecified atom stereocenters. The van der Waals surface area contributed by atoms with Crippen LogP contribution in [0.5, 0.6) is 5.75 Å². The van der Waals surface area contributed by atoms with E-state index in [2.05, 4.69) is 31.9 Å². The van der Waals surface area contributed by atoms with Crippen LogP contribution in [0.25, 0.3) is 11.1 Å². The summed E-state index contributed by atoms with van der Waals surface area (Å²) < 4.78 is 7.29. The number of rotatable bonds is 2. The van der Waals surface area contributed by atoms with Gasteiger partial charge in [-0.25, -0.2) is 0 Å². The number of benzene rings is 2. The summed E-state index contributed by atoms with van der Waals surface area (Å²) in [5, 5.41) is 0. The second-order valence-electron chi connectivity index (χ2n) is 3.33. The molecule has 0 amide bonds. The van der Waals surface area contributed by atoms with Crippen molar-refractivity contribution in [1.82, 2.24) is 0 Å². The maximum atomic E-state index is 5.14. The van der Waals surface area contributed by atoms with Crippen molar-refractivity contribution in [3.8, 4) is 16.9 Å². The fraction of sp³-hybridized carbons (Fsp3) is 0.0769. The molecular formula is C13H10Br2O. The van der Waals surface area contributed by atoms with Gasteiger partial charge in [-0.3, -0.25) is 0 Å². The first kappa shape index (κ1) is 11.7. The lowest BCUT2D eigenvalue weighted by Gasteiger charge is -2.08. The minimum atomic E-state index is 0.868. The zero-order valence-electron chi connectivity index (χ0n) is 8.71. The Balaban J connectivity index is 2.50. The molecule has 0 atom stereocenters. The Morgan fingerprint density at radius 1 is 0.875 bits per heavy atom. The molecule has 82 valence electrons. The number of hydrogen-bond donors (Lipinski definition) is 0. The van der Waals surface area contributed by atoms with Gasteiger partial charge < -0.3 is 4.74 Å². The van der Waals surface area contributed by atoms with Gasteiger partial charge in [-0.15, -0.1) is 0 Å². The monoisotopic (exact) mass is 340 g/mol. The second-order valence-corrected chi connectivity index (χ2v) is 5.03. The van der Waals surface area contributed by atoms with Gasteiger partial charge in [-0.05, 0) is 29.8 Å². The number of methoxy groups -OCH3 is 1. The molecule has 0 aliphatic rings. The molecule has 0 radical (unpaired) electrons. The van der Waals surface area contributed by atoms with Crippen molar-refractivity contribution in [2.45, 2.75) is 0 Å². The van der Waals surface area contributed by atoms with Crippen LogP contribution in [0.1, 0.15) is 0 Å². The Labute approximate surface area is 112 Å². The van der Waals surface area contributed by atoms with E-state index in [1.807, 2.05) is 42.5 Å². The van der Waals surface area contributed by atoms with Crippen LogP contribution in [0.4, 0.5) is 0 Å². The lowest BCUT2D eigenvalue weighted by molar-refractivity contribution is 0.415. The van der Waals surface area contributed by atoms with Crippen LogP contribution in [0.3, 0.4) is 0 Å². The SMILES string of the molecule is COc1ccc(-c2c(Br)cccc2Br)cc1. The maximum Gasteiger partial charge on any atom is 0.118 e. The molecule has 0 fully saturated rings. The van der Waals surface area contributed by atoms with Gasteiger partial charge in [-0.2, -0.15) is 0 Å². The lowest BCUT2D eigenvalue weighted by atomic mass is 10.1. The molecular weight excluding hydrogens is 332 g/mol. The Hall–Kier alpha value is -0.800. The van der Waals surface area contributed by atoms with E-state index in [4.69, 9.17) is 4.74 Å². The average molecular weight is 342 g/mol. The maximum absolute atomic E-state index is 5.14. The summed E-state index contributed by atoms with van der Waals surface area (Å²) in [7, 11) is 1.67. The summed E-state index contributed by atoms with van der Waals surface area (Å²) in [6.45, 7) is 0. The molecule has 0 aromatic heterocycles. The fourth-order valence-electron chi connectivity index (χ4n) is 1.53. The predicted octanol–water partition coefficient (Wildman–Crippen LogP) is 4.89.